The SMILES string of the molecule is CCn1nccc1C(=O)C(C)(C)N1CCCC1. The Morgan fingerprint density at radius 2 is 2.06 bits per heavy atom. The lowest BCUT2D eigenvalue weighted by Crippen LogP contribution is -2.49. The summed E-state index contributed by atoms with van der Waals surface area (Å²) in [5.41, 5.74) is 0.313. The highest BCUT2D eigenvalue weighted by atomic mass is 16.1. The minimum atomic E-state index is -0.413. The van der Waals surface area contributed by atoms with Crippen molar-refractivity contribution in [1.29, 1.82) is 0 Å². The van der Waals surface area contributed by atoms with E-state index in [4.69, 9.17) is 0 Å². The Hall–Kier alpha value is -1.16. The van der Waals surface area contributed by atoms with Crippen molar-refractivity contribution >= 4 is 5.78 Å². The lowest BCUT2D eigenvalue weighted by molar-refractivity contribution is 0.0691. The molecule has 0 unspecified atom stereocenters. The second-order valence-electron chi connectivity index (χ2n) is 5.11. The maximum absolute atomic E-state index is 12.6. The van der Waals surface area contributed by atoms with E-state index >= 15 is 0 Å². The van der Waals surface area contributed by atoms with E-state index in [0.29, 0.717) is 0 Å². The quantitative estimate of drug-likeness (QED) is 0.749. The average Bonchev–Trinajstić information content (AvgIpc) is 2.98. The Labute approximate surface area is 103 Å². The predicted octanol–water partition coefficient (Wildman–Crippen LogP) is 1.96. The molecule has 4 heteroatoms. The number of ketones is 1. The highest BCUT2D eigenvalue weighted by Gasteiger charge is 2.37. The van der Waals surface area contributed by atoms with Gasteiger partial charge in [-0.05, 0) is 52.8 Å². The molecule has 0 N–H and O–H groups in total. The topological polar surface area (TPSA) is 38.1 Å². The van der Waals surface area contributed by atoms with Gasteiger partial charge in [0.2, 0.25) is 0 Å². The molecule has 0 saturated carbocycles. The number of aromatic nitrogens is 2. The van der Waals surface area contributed by atoms with Crippen LogP contribution in [0, 0.1) is 0 Å². The number of hydrogen-bond donors (Lipinski definition) is 0. The van der Waals surface area contributed by atoms with Crippen molar-refractivity contribution in [2.24, 2.45) is 0 Å². The zero-order valence-corrected chi connectivity index (χ0v) is 10.9. The summed E-state index contributed by atoms with van der Waals surface area (Å²) in [5, 5.41) is 4.17. The van der Waals surface area contributed by atoms with Crippen molar-refractivity contribution in [3.05, 3.63) is 18.0 Å². The van der Waals surface area contributed by atoms with E-state index in [1.54, 1.807) is 10.9 Å². The molecule has 0 bridgehead atoms. The number of carbonyl (C=O) groups excluding carboxylic acids is 1. The van der Waals surface area contributed by atoms with Gasteiger partial charge >= 0.3 is 0 Å². The maximum atomic E-state index is 12.6. The van der Waals surface area contributed by atoms with Gasteiger partial charge in [-0.15, -0.1) is 0 Å². The summed E-state index contributed by atoms with van der Waals surface area (Å²) in [6.45, 7) is 8.84. The van der Waals surface area contributed by atoms with Gasteiger partial charge in [0.05, 0.1) is 5.54 Å². The molecule has 0 radical (unpaired) electrons. The van der Waals surface area contributed by atoms with Gasteiger partial charge in [0.25, 0.3) is 0 Å². The third kappa shape index (κ3) is 2.14. The molecule has 1 aliphatic rings. The zero-order valence-electron chi connectivity index (χ0n) is 10.9. The average molecular weight is 235 g/mol. The maximum Gasteiger partial charge on any atom is 0.200 e. The van der Waals surface area contributed by atoms with Crippen LogP contribution in [-0.2, 0) is 6.54 Å². The lowest BCUT2D eigenvalue weighted by atomic mass is 9.94. The Bertz CT molecular complexity index is 403. The molecule has 2 heterocycles. The first-order valence-electron chi connectivity index (χ1n) is 6.39. The number of carbonyl (C=O) groups is 1. The third-order valence-electron chi connectivity index (χ3n) is 3.70. The Kier molecular flexibility index (Phi) is 3.33. The molecule has 17 heavy (non-hydrogen) atoms. The predicted molar refractivity (Wildman–Crippen MR) is 67.1 cm³/mol. The van der Waals surface area contributed by atoms with E-state index in [9.17, 15) is 4.79 Å². The van der Waals surface area contributed by atoms with Crippen LogP contribution in [-0.4, -0.2) is 39.1 Å². The van der Waals surface area contributed by atoms with Crippen LogP contribution < -0.4 is 0 Å². The molecule has 0 aliphatic carbocycles. The Balaban J connectivity index is 2.24. The molecule has 0 amide bonds. The van der Waals surface area contributed by atoms with Crippen LogP contribution in [0.5, 0.6) is 0 Å². The molecule has 4 nitrogen and oxygen atoms in total. The number of nitrogens with zero attached hydrogens (tertiary/aromatic N) is 3. The van der Waals surface area contributed by atoms with Crippen molar-refractivity contribution in [2.45, 2.75) is 45.7 Å². The van der Waals surface area contributed by atoms with Gasteiger partial charge < -0.3 is 0 Å². The van der Waals surface area contributed by atoms with E-state index in [1.165, 1.54) is 12.8 Å². The second kappa shape index (κ2) is 4.61. The van der Waals surface area contributed by atoms with Crippen molar-refractivity contribution in [3.63, 3.8) is 0 Å². The fourth-order valence-corrected chi connectivity index (χ4v) is 2.51. The van der Waals surface area contributed by atoms with E-state index in [2.05, 4.69) is 10.00 Å². The fourth-order valence-electron chi connectivity index (χ4n) is 2.51. The van der Waals surface area contributed by atoms with E-state index < -0.39 is 5.54 Å². The molecular weight excluding hydrogens is 214 g/mol. The molecule has 94 valence electrons. The molecule has 2 rings (SSSR count). The standard InChI is InChI=1S/C13H21N3O/c1-4-16-11(7-8-14-16)12(17)13(2,3)15-9-5-6-10-15/h7-8H,4-6,9-10H2,1-3H3. The van der Waals surface area contributed by atoms with Gasteiger partial charge in [-0.2, -0.15) is 5.10 Å². The number of rotatable bonds is 4. The van der Waals surface area contributed by atoms with Gasteiger partial charge in [0, 0.05) is 12.7 Å². The van der Waals surface area contributed by atoms with Gasteiger partial charge in [-0.1, -0.05) is 0 Å². The summed E-state index contributed by atoms with van der Waals surface area (Å²) in [4.78, 5) is 14.9. The smallest absolute Gasteiger partial charge is 0.200 e. The summed E-state index contributed by atoms with van der Waals surface area (Å²) in [5.74, 6) is 0.179. The first-order valence-corrected chi connectivity index (χ1v) is 6.39. The van der Waals surface area contributed by atoms with Gasteiger partial charge in [0.15, 0.2) is 5.78 Å². The Morgan fingerprint density at radius 1 is 1.41 bits per heavy atom. The highest BCUT2D eigenvalue weighted by Crippen LogP contribution is 2.24. The number of aryl methyl sites for hydroxylation is 1. The van der Waals surface area contributed by atoms with E-state index in [-0.39, 0.29) is 5.78 Å². The molecule has 1 aliphatic heterocycles. The minimum Gasteiger partial charge on any atom is -0.291 e. The van der Waals surface area contributed by atoms with Crippen molar-refractivity contribution in [3.8, 4) is 0 Å². The lowest BCUT2D eigenvalue weighted by Gasteiger charge is -2.33. The number of Topliss-reactive ketones (excluding diaryl/α,β-unsaturated/α-hetero) is 1. The molecule has 1 aromatic heterocycles. The monoisotopic (exact) mass is 235 g/mol. The number of likely N-dealkylation sites (tertiary alicyclic amines) is 1. The van der Waals surface area contributed by atoms with Crippen molar-refractivity contribution in [2.75, 3.05) is 13.1 Å². The van der Waals surface area contributed by atoms with Gasteiger partial charge in [-0.3, -0.25) is 14.4 Å². The summed E-state index contributed by atoms with van der Waals surface area (Å²) in [6, 6.07) is 1.82. The first-order chi connectivity index (χ1) is 8.07. The highest BCUT2D eigenvalue weighted by molar-refractivity contribution is 6.01. The summed E-state index contributed by atoms with van der Waals surface area (Å²) >= 11 is 0. The van der Waals surface area contributed by atoms with Crippen molar-refractivity contribution < 1.29 is 4.79 Å². The van der Waals surface area contributed by atoms with Crippen molar-refractivity contribution in [1.82, 2.24) is 14.7 Å². The summed E-state index contributed by atoms with van der Waals surface area (Å²) in [7, 11) is 0. The van der Waals surface area contributed by atoms with E-state index in [0.717, 1.165) is 25.3 Å². The van der Waals surface area contributed by atoms with E-state index in [1.807, 2.05) is 26.8 Å². The molecular formula is C13H21N3O. The zero-order chi connectivity index (χ0) is 12.5. The molecule has 0 spiro atoms. The summed E-state index contributed by atoms with van der Waals surface area (Å²) in [6.07, 6.45) is 4.10. The number of hydrogen-bond acceptors (Lipinski definition) is 3. The third-order valence-corrected chi connectivity index (χ3v) is 3.70. The van der Waals surface area contributed by atoms with Crippen LogP contribution in [0.15, 0.2) is 12.3 Å². The largest absolute Gasteiger partial charge is 0.291 e. The van der Waals surface area contributed by atoms with Crippen LogP contribution in [0.4, 0.5) is 0 Å². The molecule has 1 aromatic rings. The minimum absolute atomic E-state index is 0.179. The Morgan fingerprint density at radius 3 is 2.65 bits per heavy atom. The normalized spacial score (nSPS) is 17.6. The van der Waals surface area contributed by atoms with Crippen LogP contribution in [0.1, 0.15) is 44.1 Å². The molecule has 1 fully saturated rings. The van der Waals surface area contributed by atoms with Gasteiger partial charge in [-0.25, -0.2) is 0 Å². The van der Waals surface area contributed by atoms with Crippen LogP contribution >= 0.6 is 0 Å². The molecule has 0 atom stereocenters. The molecule has 0 aromatic carbocycles. The summed E-state index contributed by atoms with van der Waals surface area (Å²) < 4.78 is 1.78. The second-order valence-corrected chi connectivity index (χ2v) is 5.11. The van der Waals surface area contributed by atoms with Crippen LogP contribution in [0.2, 0.25) is 0 Å². The molecule has 1 saturated heterocycles. The first kappa shape index (κ1) is 12.3. The van der Waals surface area contributed by atoms with Crippen LogP contribution in [0.25, 0.3) is 0 Å². The van der Waals surface area contributed by atoms with Crippen LogP contribution in [0.3, 0.4) is 0 Å². The van der Waals surface area contributed by atoms with Gasteiger partial charge in [0.1, 0.15) is 5.69 Å². The fraction of sp³-hybridized carbons (Fsp3) is 0.692.